The van der Waals surface area contributed by atoms with Crippen molar-refractivity contribution in [3.8, 4) is 28.7 Å². The summed E-state index contributed by atoms with van der Waals surface area (Å²) < 4.78 is 29.0. The molecule has 0 atom stereocenters. The Labute approximate surface area is 182 Å². The van der Waals surface area contributed by atoms with Crippen LogP contribution in [-0.4, -0.2) is 51.4 Å². The second kappa shape index (κ2) is 7.43. The number of Topliss-reactive ketones (excluding diaryl/α,β-unsaturated/α-hetero) is 1. The van der Waals surface area contributed by atoms with Crippen LogP contribution in [-0.2, 0) is 6.42 Å². The second-order valence-corrected chi connectivity index (χ2v) is 7.99. The summed E-state index contributed by atoms with van der Waals surface area (Å²) in [5, 5.41) is 0. The first-order valence-electron chi connectivity index (χ1n) is 9.63. The van der Waals surface area contributed by atoms with Crippen LogP contribution in [0.3, 0.4) is 0 Å². The van der Waals surface area contributed by atoms with Crippen LogP contribution in [0.5, 0.6) is 28.7 Å². The molecule has 0 spiro atoms. The van der Waals surface area contributed by atoms with Crippen LogP contribution in [0.2, 0.25) is 0 Å². The van der Waals surface area contributed by atoms with E-state index in [2.05, 4.69) is 15.9 Å². The minimum Gasteiger partial charge on any atom is -0.492 e. The molecule has 0 aromatic heterocycles. The van der Waals surface area contributed by atoms with Crippen molar-refractivity contribution in [3.63, 3.8) is 0 Å². The normalized spacial score (nSPS) is 16.5. The number of ketones is 1. The molecule has 30 heavy (non-hydrogen) atoms. The highest BCUT2D eigenvalue weighted by atomic mass is 79.9. The average molecular weight is 474 g/mol. The number of hydrogen-bond acceptors (Lipinski definition) is 7. The summed E-state index contributed by atoms with van der Waals surface area (Å²) in [5.74, 6) is 2.91. The first-order valence-corrected chi connectivity index (χ1v) is 10.4. The van der Waals surface area contributed by atoms with Crippen molar-refractivity contribution in [3.05, 3.63) is 45.1 Å². The summed E-state index contributed by atoms with van der Waals surface area (Å²) in [7, 11) is 3.50. The number of carbonyl (C=O) groups excluding carboxylic acids is 1. The number of likely N-dealkylation sites (N-methyl/N-ethyl adjacent to an activating group) is 1. The van der Waals surface area contributed by atoms with Crippen LogP contribution >= 0.6 is 15.9 Å². The Morgan fingerprint density at radius 2 is 1.87 bits per heavy atom. The van der Waals surface area contributed by atoms with Crippen molar-refractivity contribution in [2.24, 2.45) is 0 Å². The van der Waals surface area contributed by atoms with Crippen molar-refractivity contribution in [1.29, 1.82) is 0 Å². The van der Waals surface area contributed by atoms with Crippen molar-refractivity contribution >= 4 is 27.8 Å². The van der Waals surface area contributed by atoms with E-state index in [0.29, 0.717) is 66.2 Å². The van der Waals surface area contributed by atoms with Gasteiger partial charge in [-0.25, -0.2) is 0 Å². The first-order chi connectivity index (χ1) is 14.6. The molecule has 0 amide bonds. The van der Waals surface area contributed by atoms with Gasteiger partial charge in [0.25, 0.3) is 0 Å². The molecule has 0 aliphatic carbocycles. The van der Waals surface area contributed by atoms with Crippen LogP contribution < -0.4 is 23.7 Å². The molecule has 7 nitrogen and oxygen atoms in total. The quantitative estimate of drug-likeness (QED) is 0.629. The zero-order valence-electron chi connectivity index (χ0n) is 16.6. The van der Waals surface area contributed by atoms with Crippen LogP contribution in [0, 0.1) is 0 Å². The fourth-order valence-corrected chi connectivity index (χ4v) is 4.65. The Kier molecular flexibility index (Phi) is 4.73. The van der Waals surface area contributed by atoms with Gasteiger partial charge in [-0.05, 0) is 52.2 Å². The molecule has 0 saturated heterocycles. The van der Waals surface area contributed by atoms with Gasteiger partial charge < -0.3 is 28.6 Å². The average Bonchev–Trinajstić information content (AvgIpc) is 3.19. The molecular weight excluding hydrogens is 454 g/mol. The van der Waals surface area contributed by atoms with E-state index in [1.165, 1.54) is 0 Å². The van der Waals surface area contributed by atoms with E-state index in [4.69, 9.17) is 23.7 Å². The topological polar surface area (TPSA) is 66.5 Å². The van der Waals surface area contributed by atoms with Gasteiger partial charge in [0, 0.05) is 24.7 Å². The summed E-state index contributed by atoms with van der Waals surface area (Å²) in [6.07, 6.45) is 2.58. The van der Waals surface area contributed by atoms with Gasteiger partial charge in [-0.1, -0.05) is 0 Å². The molecule has 8 heteroatoms. The number of rotatable bonds is 3. The number of halogens is 1. The van der Waals surface area contributed by atoms with E-state index in [0.717, 1.165) is 15.6 Å². The number of hydrogen-bond donors (Lipinski definition) is 0. The summed E-state index contributed by atoms with van der Waals surface area (Å²) in [6.45, 7) is 1.78. The molecule has 0 saturated carbocycles. The minimum absolute atomic E-state index is 0.0989. The Morgan fingerprint density at radius 1 is 1.10 bits per heavy atom. The molecule has 0 fully saturated rings. The third kappa shape index (κ3) is 2.98. The van der Waals surface area contributed by atoms with Crippen LogP contribution in [0.15, 0.2) is 28.4 Å². The van der Waals surface area contributed by atoms with E-state index >= 15 is 0 Å². The molecule has 3 aliphatic rings. The molecule has 2 aromatic carbocycles. The lowest BCUT2D eigenvalue weighted by atomic mass is 10.0. The maximum Gasteiger partial charge on any atom is 0.231 e. The first kappa shape index (κ1) is 19.1. The van der Waals surface area contributed by atoms with E-state index < -0.39 is 0 Å². The Bertz CT molecular complexity index is 1080. The Hall–Kier alpha value is -2.87. The molecule has 0 N–H and O–H groups in total. The number of carbonyl (C=O) groups is 1. The van der Waals surface area contributed by atoms with E-state index in [9.17, 15) is 4.79 Å². The third-order valence-electron chi connectivity index (χ3n) is 5.48. The van der Waals surface area contributed by atoms with Gasteiger partial charge in [0.15, 0.2) is 23.0 Å². The standard InChI is InChI=1S/C22H20BrNO6/c1-24-6-5-13-14(20(26-2)22-21(18(13)23)29-11-30-22)10-15(24)19(25)12-3-4-16-17(9-12)28-8-7-27-16/h3-4,9-10H,5-8,11H2,1-2H3. The molecule has 0 bridgehead atoms. The van der Waals surface area contributed by atoms with Gasteiger partial charge in [0.1, 0.15) is 13.2 Å². The van der Waals surface area contributed by atoms with E-state index in [-0.39, 0.29) is 12.6 Å². The van der Waals surface area contributed by atoms with Crippen molar-refractivity contribution in [2.75, 3.05) is 40.7 Å². The highest BCUT2D eigenvalue weighted by Crippen LogP contribution is 2.51. The summed E-state index contributed by atoms with van der Waals surface area (Å²) in [4.78, 5) is 15.4. The second-order valence-electron chi connectivity index (χ2n) is 7.19. The number of fused-ring (bicyclic) bond motifs is 3. The van der Waals surface area contributed by atoms with Gasteiger partial charge in [-0.3, -0.25) is 4.79 Å². The maximum absolute atomic E-state index is 13.5. The van der Waals surface area contributed by atoms with Crippen LogP contribution in [0.4, 0.5) is 0 Å². The monoisotopic (exact) mass is 473 g/mol. The summed E-state index contributed by atoms with van der Waals surface area (Å²) >= 11 is 3.66. The Morgan fingerprint density at radius 3 is 2.67 bits per heavy atom. The lowest BCUT2D eigenvalue weighted by Crippen LogP contribution is -2.25. The summed E-state index contributed by atoms with van der Waals surface area (Å²) in [6, 6.07) is 5.29. The highest BCUT2D eigenvalue weighted by Gasteiger charge is 2.32. The molecule has 0 unspecified atom stereocenters. The van der Waals surface area contributed by atoms with E-state index in [1.807, 2.05) is 18.0 Å². The molecular formula is C22H20BrNO6. The lowest BCUT2D eigenvalue weighted by Gasteiger charge is -2.21. The fraction of sp³-hybridized carbons (Fsp3) is 0.318. The van der Waals surface area contributed by atoms with Gasteiger partial charge >= 0.3 is 0 Å². The zero-order valence-corrected chi connectivity index (χ0v) is 18.2. The van der Waals surface area contributed by atoms with Gasteiger partial charge in [0.2, 0.25) is 18.3 Å². The van der Waals surface area contributed by atoms with Crippen LogP contribution in [0.25, 0.3) is 6.08 Å². The van der Waals surface area contributed by atoms with Gasteiger partial charge in [-0.15, -0.1) is 0 Å². The molecule has 3 heterocycles. The predicted octanol–water partition coefficient (Wildman–Crippen LogP) is 3.67. The number of benzene rings is 2. The molecule has 156 valence electrons. The molecule has 5 rings (SSSR count). The van der Waals surface area contributed by atoms with Gasteiger partial charge in [-0.2, -0.15) is 0 Å². The molecule has 3 aliphatic heterocycles. The number of ether oxygens (including phenoxy) is 5. The fourth-order valence-electron chi connectivity index (χ4n) is 3.94. The lowest BCUT2D eigenvalue weighted by molar-refractivity contribution is 0.0999. The van der Waals surface area contributed by atoms with E-state index in [1.54, 1.807) is 25.3 Å². The maximum atomic E-state index is 13.5. The predicted molar refractivity (Wildman–Crippen MR) is 113 cm³/mol. The van der Waals surface area contributed by atoms with Gasteiger partial charge in [0.05, 0.1) is 17.3 Å². The Balaban J connectivity index is 1.62. The number of nitrogens with zero attached hydrogens (tertiary/aromatic N) is 1. The van der Waals surface area contributed by atoms with Crippen molar-refractivity contribution < 1.29 is 28.5 Å². The van der Waals surface area contributed by atoms with Crippen LogP contribution in [0.1, 0.15) is 21.5 Å². The zero-order chi connectivity index (χ0) is 20.8. The van der Waals surface area contributed by atoms with Crippen molar-refractivity contribution in [2.45, 2.75) is 6.42 Å². The third-order valence-corrected chi connectivity index (χ3v) is 6.32. The number of allylic oxidation sites excluding steroid dienone is 1. The molecule has 2 aromatic rings. The minimum atomic E-state index is -0.0989. The van der Waals surface area contributed by atoms with Crippen molar-refractivity contribution in [1.82, 2.24) is 4.90 Å². The smallest absolute Gasteiger partial charge is 0.231 e. The molecule has 0 radical (unpaired) electrons. The number of methoxy groups -OCH3 is 1. The highest BCUT2D eigenvalue weighted by molar-refractivity contribution is 9.10. The largest absolute Gasteiger partial charge is 0.492 e. The SMILES string of the molecule is COc1c2c(c(Br)c3c1OCO3)CCN(C)C(C(=O)c1ccc3c(c1)OCCO3)=C2. The summed E-state index contributed by atoms with van der Waals surface area (Å²) in [5.41, 5.74) is 2.95.